The molecular weight excluding hydrogens is 234 g/mol. The first-order chi connectivity index (χ1) is 9.19. The van der Waals surface area contributed by atoms with Crippen LogP contribution in [0.5, 0.6) is 0 Å². The fourth-order valence-electron chi connectivity index (χ4n) is 1.63. The van der Waals surface area contributed by atoms with Crippen molar-refractivity contribution in [2.24, 2.45) is 4.99 Å². The lowest BCUT2D eigenvalue weighted by Crippen LogP contribution is -2.08. The minimum atomic E-state index is 0.647. The van der Waals surface area contributed by atoms with E-state index in [-0.39, 0.29) is 0 Å². The summed E-state index contributed by atoms with van der Waals surface area (Å²) in [5.41, 5.74) is 3.70. The van der Waals surface area contributed by atoms with Gasteiger partial charge in [-0.25, -0.2) is 0 Å². The summed E-state index contributed by atoms with van der Waals surface area (Å²) >= 11 is 0. The third-order valence-electron chi connectivity index (χ3n) is 2.77. The van der Waals surface area contributed by atoms with Crippen LogP contribution in [0, 0.1) is 11.3 Å². The maximum Gasteiger partial charge on any atom is 0.0991 e. The Morgan fingerprint density at radius 3 is 2.16 bits per heavy atom. The van der Waals surface area contributed by atoms with E-state index in [1.807, 2.05) is 44.6 Å². The summed E-state index contributed by atoms with van der Waals surface area (Å²) in [5.74, 6) is 0. The van der Waals surface area contributed by atoms with E-state index in [0.717, 1.165) is 16.9 Å². The lowest BCUT2D eigenvalue weighted by Gasteiger charge is -2.11. The van der Waals surface area contributed by atoms with Gasteiger partial charge in [0.05, 0.1) is 17.3 Å². The van der Waals surface area contributed by atoms with E-state index in [1.54, 1.807) is 12.1 Å². The molecule has 2 aromatic rings. The molecule has 0 aliphatic rings. The second-order valence-electron chi connectivity index (χ2n) is 4.40. The zero-order valence-corrected chi connectivity index (χ0v) is 11.0. The number of benzene rings is 2. The predicted octanol–water partition coefficient (Wildman–Crippen LogP) is 3.37. The highest BCUT2D eigenvalue weighted by Crippen LogP contribution is 2.14. The first-order valence-electron chi connectivity index (χ1n) is 6.00. The van der Waals surface area contributed by atoms with Crippen molar-refractivity contribution in [3.05, 3.63) is 59.7 Å². The van der Waals surface area contributed by atoms with Crippen molar-refractivity contribution in [2.45, 2.75) is 0 Å². The molecular formula is C16H15N3. The largest absolute Gasteiger partial charge is 0.378 e. The molecule has 2 rings (SSSR count). The second-order valence-corrected chi connectivity index (χ2v) is 4.40. The number of hydrogen-bond acceptors (Lipinski definition) is 3. The molecule has 0 atom stereocenters. The van der Waals surface area contributed by atoms with Crippen LogP contribution in [0.2, 0.25) is 0 Å². The molecule has 0 aromatic heterocycles. The van der Waals surface area contributed by atoms with Crippen LogP contribution >= 0.6 is 0 Å². The van der Waals surface area contributed by atoms with E-state index < -0.39 is 0 Å². The van der Waals surface area contributed by atoms with Crippen molar-refractivity contribution in [1.82, 2.24) is 0 Å². The van der Waals surface area contributed by atoms with Crippen LogP contribution in [0.15, 0.2) is 53.5 Å². The predicted molar refractivity (Wildman–Crippen MR) is 79.2 cm³/mol. The summed E-state index contributed by atoms with van der Waals surface area (Å²) in [6.07, 6.45) is 1.82. The second kappa shape index (κ2) is 5.83. The highest BCUT2D eigenvalue weighted by Gasteiger charge is 1.94. The van der Waals surface area contributed by atoms with E-state index >= 15 is 0 Å². The zero-order valence-electron chi connectivity index (χ0n) is 11.0. The third-order valence-corrected chi connectivity index (χ3v) is 2.77. The Morgan fingerprint density at radius 1 is 1.00 bits per heavy atom. The number of anilines is 1. The Bertz CT molecular complexity index is 602. The highest BCUT2D eigenvalue weighted by molar-refractivity contribution is 5.82. The van der Waals surface area contributed by atoms with Crippen molar-refractivity contribution >= 4 is 17.6 Å². The number of nitrogens with zero attached hydrogens (tertiary/aromatic N) is 3. The first kappa shape index (κ1) is 12.8. The quantitative estimate of drug-likeness (QED) is 0.782. The van der Waals surface area contributed by atoms with E-state index in [4.69, 9.17) is 5.26 Å². The molecule has 0 amide bonds. The topological polar surface area (TPSA) is 39.4 Å². The minimum absolute atomic E-state index is 0.647. The van der Waals surface area contributed by atoms with Gasteiger partial charge in [0.15, 0.2) is 0 Å². The molecule has 0 bridgehead atoms. The van der Waals surface area contributed by atoms with Gasteiger partial charge in [0, 0.05) is 26.0 Å². The zero-order chi connectivity index (χ0) is 13.7. The molecule has 19 heavy (non-hydrogen) atoms. The molecule has 3 nitrogen and oxygen atoms in total. The first-order valence-corrected chi connectivity index (χ1v) is 6.00. The molecule has 0 aliphatic heterocycles. The molecule has 3 heteroatoms. The molecule has 0 radical (unpaired) electrons. The molecule has 0 heterocycles. The summed E-state index contributed by atoms with van der Waals surface area (Å²) in [4.78, 5) is 6.44. The lowest BCUT2D eigenvalue weighted by atomic mass is 10.2. The van der Waals surface area contributed by atoms with E-state index in [2.05, 4.69) is 28.1 Å². The number of rotatable bonds is 3. The standard InChI is InChI=1S/C16H15N3/c1-19(2)16-9-5-14(6-10-16)12-18-15-7-3-13(11-17)4-8-15/h3-10,12H,1-2H3. The van der Waals surface area contributed by atoms with E-state index in [9.17, 15) is 0 Å². The van der Waals surface area contributed by atoms with Gasteiger partial charge in [0.2, 0.25) is 0 Å². The minimum Gasteiger partial charge on any atom is -0.378 e. The monoisotopic (exact) mass is 249 g/mol. The Morgan fingerprint density at radius 2 is 1.63 bits per heavy atom. The summed E-state index contributed by atoms with van der Waals surface area (Å²) < 4.78 is 0. The van der Waals surface area contributed by atoms with Gasteiger partial charge in [-0.05, 0) is 42.0 Å². The highest BCUT2D eigenvalue weighted by atomic mass is 15.1. The summed E-state index contributed by atoms with van der Waals surface area (Å²) in [6, 6.07) is 17.5. The van der Waals surface area contributed by atoms with Crippen LogP contribution in [-0.4, -0.2) is 20.3 Å². The van der Waals surface area contributed by atoms with Crippen molar-refractivity contribution in [3.8, 4) is 6.07 Å². The fraction of sp³-hybridized carbons (Fsp3) is 0.125. The van der Waals surface area contributed by atoms with Crippen LogP contribution in [-0.2, 0) is 0 Å². The van der Waals surface area contributed by atoms with Gasteiger partial charge in [-0.1, -0.05) is 12.1 Å². The number of aliphatic imine (C=N–C) groups is 1. The van der Waals surface area contributed by atoms with Crippen LogP contribution in [0.4, 0.5) is 11.4 Å². The Hall–Kier alpha value is -2.60. The van der Waals surface area contributed by atoms with Gasteiger partial charge >= 0.3 is 0 Å². The van der Waals surface area contributed by atoms with Gasteiger partial charge in [0.1, 0.15) is 0 Å². The van der Waals surface area contributed by atoms with Crippen molar-refractivity contribution in [3.63, 3.8) is 0 Å². The summed E-state index contributed by atoms with van der Waals surface area (Å²) in [5, 5.41) is 8.71. The number of nitriles is 1. The SMILES string of the molecule is CN(C)c1ccc(C=Nc2ccc(C#N)cc2)cc1. The third kappa shape index (κ3) is 3.43. The van der Waals surface area contributed by atoms with Gasteiger partial charge in [-0.3, -0.25) is 4.99 Å². The number of hydrogen-bond donors (Lipinski definition) is 0. The summed E-state index contributed by atoms with van der Waals surface area (Å²) in [6.45, 7) is 0. The molecule has 0 saturated carbocycles. The molecule has 2 aromatic carbocycles. The van der Waals surface area contributed by atoms with Crippen molar-refractivity contribution < 1.29 is 0 Å². The molecule has 0 aliphatic carbocycles. The van der Waals surface area contributed by atoms with Crippen LogP contribution in [0.25, 0.3) is 0 Å². The van der Waals surface area contributed by atoms with Gasteiger partial charge < -0.3 is 4.90 Å². The molecule has 0 fully saturated rings. The van der Waals surface area contributed by atoms with Crippen LogP contribution in [0.1, 0.15) is 11.1 Å². The average molecular weight is 249 g/mol. The van der Waals surface area contributed by atoms with Gasteiger partial charge in [-0.15, -0.1) is 0 Å². The Balaban J connectivity index is 2.11. The molecule has 0 unspecified atom stereocenters. The van der Waals surface area contributed by atoms with Crippen molar-refractivity contribution in [2.75, 3.05) is 19.0 Å². The molecule has 0 spiro atoms. The maximum absolute atomic E-state index is 8.71. The van der Waals surface area contributed by atoms with E-state index in [0.29, 0.717) is 5.56 Å². The van der Waals surface area contributed by atoms with E-state index in [1.165, 1.54) is 0 Å². The lowest BCUT2D eigenvalue weighted by molar-refractivity contribution is 1.13. The smallest absolute Gasteiger partial charge is 0.0991 e. The molecule has 0 N–H and O–H groups in total. The molecule has 0 saturated heterocycles. The van der Waals surface area contributed by atoms with Gasteiger partial charge in [-0.2, -0.15) is 5.26 Å². The normalized spacial score (nSPS) is 10.4. The summed E-state index contributed by atoms with van der Waals surface area (Å²) in [7, 11) is 4.03. The molecule has 94 valence electrons. The average Bonchev–Trinajstić information content (AvgIpc) is 2.46. The Kier molecular flexibility index (Phi) is 3.94. The van der Waals surface area contributed by atoms with Crippen LogP contribution < -0.4 is 4.90 Å². The van der Waals surface area contributed by atoms with Gasteiger partial charge in [0.25, 0.3) is 0 Å². The van der Waals surface area contributed by atoms with Crippen LogP contribution in [0.3, 0.4) is 0 Å². The van der Waals surface area contributed by atoms with Crippen molar-refractivity contribution in [1.29, 1.82) is 5.26 Å². The Labute approximate surface area is 113 Å². The maximum atomic E-state index is 8.71. The fourth-order valence-corrected chi connectivity index (χ4v) is 1.63.